The lowest BCUT2D eigenvalue weighted by Gasteiger charge is -2.23. The van der Waals surface area contributed by atoms with Crippen LogP contribution in [0.1, 0.15) is 16.0 Å². The van der Waals surface area contributed by atoms with E-state index in [0.29, 0.717) is 6.42 Å². The highest BCUT2D eigenvalue weighted by Gasteiger charge is 2.29. The molecule has 1 N–H and O–H groups in total. The number of ether oxygens (including phenoxy) is 1. The molecule has 7 nitrogen and oxygen atoms in total. The summed E-state index contributed by atoms with van der Waals surface area (Å²) in [6.45, 7) is 1.59. The minimum absolute atomic E-state index is 0.117. The maximum atomic E-state index is 13.4. The second-order valence-corrected chi connectivity index (χ2v) is 10.8. The maximum absolute atomic E-state index is 13.4. The Hall–Kier alpha value is -3.01. The Morgan fingerprint density at radius 1 is 1.03 bits per heavy atom. The zero-order valence-corrected chi connectivity index (χ0v) is 20.8. The van der Waals surface area contributed by atoms with E-state index in [4.69, 9.17) is 4.74 Å². The molecule has 1 heterocycles. The van der Waals surface area contributed by atoms with Crippen LogP contribution in [0, 0.1) is 6.92 Å². The van der Waals surface area contributed by atoms with Gasteiger partial charge in [-0.3, -0.25) is 4.79 Å². The monoisotopic (exact) mass is 500 g/mol. The number of esters is 1. The Labute approximate surface area is 204 Å². The van der Waals surface area contributed by atoms with Crippen molar-refractivity contribution >= 4 is 33.2 Å². The molecule has 34 heavy (non-hydrogen) atoms. The zero-order chi connectivity index (χ0) is 24.6. The van der Waals surface area contributed by atoms with Crippen LogP contribution in [0.2, 0.25) is 0 Å². The molecule has 1 atom stereocenters. The smallest absolute Gasteiger partial charge is 0.328 e. The first-order chi connectivity index (χ1) is 16.3. The number of aryl methyl sites for hydroxylation is 1. The van der Waals surface area contributed by atoms with Crippen LogP contribution in [0.3, 0.4) is 0 Å². The van der Waals surface area contributed by atoms with Crippen molar-refractivity contribution in [3.05, 3.63) is 88.1 Å². The van der Waals surface area contributed by atoms with E-state index in [1.54, 1.807) is 12.1 Å². The topological polar surface area (TPSA) is 92.8 Å². The number of amides is 1. The van der Waals surface area contributed by atoms with E-state index in [0.717, 1.165) is 20.3 Å². The number of carbonyl (C=O) groups is 2. The van der Waals surface area contributed by atoms with Gasteiger partial charge >= 0.3 is 5.97 Å². The summed E-state index contributed by atoms with van der Waals surface area (Å²) in [4.78, 5) is 26.4. The number of hydrogen-bond donors (Lipinski definition) is 1. The fraction of sp³-hybridized carbons (Fsp3) is 0.280. The number of nitrogens with one attached hydrogen (secondary N) is 1. The van der Waals surface area contributed by atoms with Gasteiger partial charge in [-0.05, 0) is 42.5 Å². The van der Waals surface area contributed by atoms with Gasteiger partial charge in [0.25, 0.3) is 0 Å². The average Bonchev–Trinajstić information content (AvgIpc) is 3.35. The number of thiophene rings is 1. The predicted molar refractivity (Wildman–Crippen MR) is 132 cm³/mol. The molecule has 3 rings (SSSR count). The standard InChI is InChI=1S/C25H28N2O5S2/c1-19-10-12-22(13-11-19)34(30,31)27(15-14-21-9-6-16-33-21)18-24(28)26-23(25(29)32-2)17-20-7-4-3-5-8-20/h3-13,16,23H,14-15,17-18H2,1-2H3,(H,26,28). The molecule has 0 radical (unpaired) electrons. The number of nitrogens with zero attached hydrogens (tertiary/aromatic N) is 1. The van der Waals surface area contributed by atoms with Gasteiger partial charge in [-0.2, -0.15) is 4.31 Å². The van der Waals surface area contributed by atoms with Crippen LogP contribution in [0.5, 0.6) is 0 Å². The molecular formula is C25H28N2O5S2. The van der Waals surface area contributed by atoms with Gasteiger partial charge in [-0.25, -0.2) is 13.2 Å². The average molecular weight is 501 g/mol. The SMILES string of the molecule is COC(=O)C(Cc1ccccc1)NC(=O)CN(CCc1cccs1)S(=O)(=O)c1ccc(C)cc1. The maximum Gasteiger partial charge on any atom is 0.328 e. The highest BCUT2D eigenvalue weighted by molar-refractivity contribution is 7.89. The molecule has 0 spiro atoms. The Morgan fingerprint density at radius 3 is 2.35 bits per heavy atom. The minimum Gasteiger partial charge on any atom is -0.467 e. The Balaban J connectivity index is 1.78. The predicted octanol–water partition coefficient (Wildman–Crippen LogP) is 3.19. The van der Waals surface area contributed by atoms with E-state index in [2.05, 4.69) is 5.32 Å². The van der Waals surface area contributed by atoms with Crippen LogP contribution in [-0.4, -0.2) is 50.8 Å². The second-order valence-electron chi connectivity index (χ2n) is 7.81. The van der Waals surface area contributed by atoms with Crippen LogP contribution in [0.15, 0.2) is 77.0 Å². The number of methoxy groups -OCH3 is 1. The Kier molecular flexibility index (Phi) is 8.98. The molecule has 0 saturated heterocycles. The number of sulfonamides is 1. The molecule has 0 bridgehead atoms. The largest absolute Gasteiger partial charge is 0.467 e. The van der Waals surface area contributed by atoms with Gasteiger partial charge < -0.3 is 10.1 Å². The van der Waals surface area contributed by atoms with Crippen LogP contribution in [-0.2, 0) is 37.2 Å². The minimum atomic E-state index is -3.93. The molecule has 1 amide bonds. The fourth-order valence-corrected chi connectivity index (χ4v) is 5.51. The molecule has 180 valence electrons. The first-order valence-corrected chi connectivity index (χ1v) is 13.1. The lowest BCUT2D eigenvalue weighted by Crippen LogP contribution is -2.48. The summed E-state index contributed by atoms with van der Waals surface area (Å²) < 4.78 is 32.7. The third kappa shape index (κ3) is 6.99. The lowest BCUT2D eigenvalue weighted by atomic mass is 10.1. The lowest BCUT2D eigenvalue weighted by molar-refractivity contribution is -0.145. The number of carbonyl (C=O) groups excluding carboxylic acids is 2. The van der Waals surface area contributed by atoms with E-state index in [1.807, 2.05) is 54.8 Å². The number of benzene rings is 2. The van der Waals surface area contributed by atoms with Gasteiger partial charge in [0.05, 0.1) is 18.6 Å². The van der Waals surface area contributed by atoms with E-state index in [9.17, 15) is 18.0 Å². The summed E-state index contributed by atoms with van der Waals surface area (Å²) in [6.07, 6.45) is 0.708. The van der Waals surface area contributed by atoms with Gasteiger partial charge in [0.1, 0.15) is 6.04 Å². The van der Waals surface area contributed by atoms with E-state index in [1.165, 1.54) is 30.6 Å². The van der Waals surface area contributed by atoms with Crippen molar-refractivity contribution in [1.29, 1.82) is 0 Å². The van der Waals surface area contributed by atoms with Crippen LogP contribution in [0.25, 0.3) is 0 Å². The quantitative estimate of drug-likeness (QED) is 0.408. The van der Waals surface area contributed by atoms with Gasteiger partial charge in [0, 0.05) is 17.8 Å². The molecule has 0 fully saturated rings. The van der Waals surface area contributed by atoms with Crippen molar-refractivity contribution in [1.82, 2.24) is 9.62 Å². The van der Waals surface area contributed by atoms with Crippen molar-refractivity contribution in [2.75, 3.05) is 20.2 Å². The van der Waals surface area contributed by atoms with E-state index < -0.39 is 34.5 Å². The van der Waals surface area contributed by atoms with Gasteiger partial charge in [0.2, 0.25) is 15.9 Å². The van der Waals surface area contributed by atoms with Crippen molar-refractivity contribution in [2.45, 2.75) is 30.7 Å². The highest BCUT2D eigenvalue weighted by Crippen LogP contribution is 2.18. The summed E-state index contributed by atoms with van der Waals surface area (Å²) in [5.74, 6) is -1.17. The van der Waals surface area contributed by atoms with E-state index >= 15 is 0 Å². The normalized spacial score (nSPS) is 12.3. The summed E-state index contributed by atoms with van der Waals surface area (Å²) in [5, 5.41) is 4.58. The third-order valence-electron chi connectivity index (χ3n) is 5.27. The van der Waals surface area contributed by atoms with Crippen LogP contribution in [0.4, 0.5) is 0 Å². The summed E-state index contributed by atoms with van der Waals surface area (Å²) in [6, 6.07) is 18.6. The second kappa shape index (κ2) is 11.9. The molecule has 2 aromatic carbocycles. The fourth-order valence-electron chi connectivity index (χ4n) is 3.42. The summed E-state index contributed by atoms with van der Waals surface area (Å²) in [5.41, 5.74) is 1.78. The molecule has 0 saturated carbocycles. The molecule has 3 aromatic rings. The molecule has 0 aliphatic rings. The number of rotatable bonds is 11. The first-order valence-electron chi connectivity index (χ1n) is 10.8. The number of hydrogen-bond acceptors (Lipinski definition) is 6. The Bertz CT molecular complexity index is 1180. The first kappa shape index (κ1) is 25.6. The molecule has 0 aliphatic heterocycles. The highest BCUT2D eigenvalue weighted by atomic mass is 32.2. The van der Waals surface area contributed by atoms with Crippen molar-refractivity contribution in [3.63, 3.8) is 0 Å². The van der Waals surface area contributed by atoms with Gasteiger partial charge in [0.15, 0.2) is 0 Å². The molecule has 0 aliphatic carbocycles. The van der Waals surface area contributed by atoms with Crippen LogP contribution < -0.4 is 5.32 Å². The van der Waals surface area contributed by atoms with Crippen molar-refractivity contribution < 1.29 is 22.7 Å². The Morgan fingerprint density at radius 2 is 1.74 bits per heavy atom. The van der Waals surface area contributed by atoms with Crippen molar-refractivity contribution in [3.8, 4) is 0 Å². The van der Waals surface area contributed by atoms with E-state index in [-0.39, 0.29) is 17.9 Å². The zero-order valence-electron chi connectivity index (χ0n) is 19.1. The van der Waals surface area contributed by atoms with Crippen molar-refractivity contribution in [2.24, 2.45) is 0 Å². The van der Waals surface area contributed by atoms with Gasteiger partial charge in [-0.1, -0.05) is 54.1 Å². The third-order valence-corrected chi connectivity index (χ3v) is 8.07. The summed E-state index contributed by atoms with van der Waals surface area (Å²) in [7, 11) is -2.67. The molecular weight excluding hydrogens is 472 g/mol. The molecule has 1 unspecified atom stereocenters. The van der Waals surface area contributed by atoms with Gasteiger partial charge in [-0.15, -0.1) is 11.3 Å². The van der Waals surface area contributed by atoms with Crippen LogP contribution >= 0.6 is 11.3 Å². The summed E-state index contributed by atoms with van der Waals surface area (Å²) >= 11 is 1.53. The molecule has 1 aromatic heterocycles. The molecule has 9 heteroatoms.